The third kappa shape index (κ3) is 3.06. The van der Waals surface area contributed by atoms with Crippen molar-refractivity contribution in [3.8, 4) is 22.8 Å². The highest BCUT2D eigenvalue weighted by molar-refractivity contribution is 6.06. The molecule has 2 heterocycles. The lowest BCUT2D eigenvalue weighted by atomic mass is 10.1. The average Bonchev–Trinajstić information content (AvgIpc) is 3.11. The lowest BCUT2D eigenvalue weighted by molar-refractivity contribution is 0.102. The number of oxazole rings is 1. The molecule has 25 heavy (non-hydrogen) atoms. The molecule has 0 saturated carbocycles. The van der Waals surface area contributed by atoms with Gasteiger partial charge < -0.3 is 19.2 Å². The van der Waals surface area contributed by atoms with E-state index in [1.807, 2.05) is 31.2 Å². The minimum absolute atomic E-state index is 0.237. The van der Waals surface area contributed by atoms with E-state index in [1.54, 1.807) is 18.2 Å². The Morgan fingerprint density at radius 1 is 1.08 bits per heavy atom. The SMILES string of the molecule is Cc1cccc(-c2ocnc2C(=O)Nc2ccc3c(c2)OCCO3)c1. The Balaban J connectivity index is 1.59. The number of hydrogen-bond acceptors (Lipinski definition) is 5. The molecule has 3 aromatic rings. The van der Waals surface area contributed by atoms with Crippen LogP contribution >= 0.6 is 0 Å². The van der Waals surface area contributed by atoms with Crippen LogP contribution in [0.25, 0.3) is 11.3 Å². The summed E-state index contributed by atoms with van der Waals surface area (Å²) in [4.78, 5) is 16.7. The molecule has 0 bridgehead atoms. The third-order valence-electron chi connectivity index (χ3n) is 3.86. The maximum absolute atomic E-state index is 12.6. The zero-order valence-corrected chi connectivity index (χ0v) is 13.6. The molecule has 1 N–H and O–H groups in total. The second kappa shape index (κ2) is 6.32. The smallest absolute Gasteiger partial charge is 0.278 e. The first-order chi connectivity index (χ1) is 12.2. The number of hydrogen-bond donors (Lipinski definition) is 1. The van der Waals surface area contributed by atoms with Gasteiger partial charge in [0.1, 0.15) is 13.2 Å². The van der Waals surface area contributed by atoms with Gasteiger partial charge in [-0.3, -0.25) is 4.79 Å². The average molecular weight is 336 g/mol. The van der Waals surface area contributed by atoms with E-state index >= 15 is 0 Å². The van der Waals surface area contributed by atoms with Crippen molar-refractivity contribution in [3.63, 3.8) is 0 Å². The number of amides is 1. The van der Waals surface area contributed by atoms with Crippen molar-refractivity contribution in [1.29, 1.82) is 0 Å². The molecule has 6 heteroatoms. The van der Waals surface area contributed by atoms with Crippen LogP contribution in [0.2, 0.25) is 0 Å². The largest absolute Gasteiger partial charge is 0.486 e. The Kier molecular flexibility index (Phi) is 3.85. The number of carbonyl (C=O) groups excluding carboxylic acids is 1. The molecule has 0 unspecified atom stereocenters. The molecule has 0 radical (unpaired) electrons. The number of fused-ring (bicyclic) bond motifs is 1. The summed E-state index contributed by atoms with van der Waals surface area (Å²) < 4.78 is 16.4. The van der Waals surface area contributed by atoms with Crippen molar-refractivity contribution >= 4 is 11.6 Å². The number of aromatic nitrogens is 1. The van der Waals surface area contributed by atoms with Crippen molar-refractivity contribution < 1.29 is 18.7 Å². The summed E-state index contributed by atoms with van der Waals surface area (Å²) in [6.07, 6.45) is 1.27. The van der Waals surface area contributed by atoms with Gasteiger partial charge >= 0.3 is 0 Å². The van der Waals surface area contributed by atoms with Gasteiger partial charge in [0.05, 0.1) is 0 Å². The number of anilines is 1. The number of ether oxygens (including phenoxy) is 2. The van der Waals surface area contributed by atoms with Crippen molar-refractivity contribution in [2.75, 3.05) is 18.5 Å². The zero-order chi connectivity index (χ0) is 17.2. The number of carbonyl (C=O) groups is 1. The van der Waals surface area contributed by atoms with E-state index in [-0.39, 0.29) is 11.6 Å². The van der Waals surface area contributed by atoms with Gasteiger partial charge in [-0.2, -0.15) is 0 Å². The Morgan fingerprint density at radius 3 is 2.76 bits per heavy atom. The monoisotopic (exact) mass is 336 g/mol. The van der Waals surface area contributed by atoms with Crippen LogP contribution in [0.5, 0.6) is 11.5 Å². The number of rotatable bonds is 3. The summed E-state index contributed by atoms with van der Waals surface area (Å²) in [6.45, 7) is 3.00. The molecule has 126 valence electrons. The van der Waals surface area contributed by atoms with Crippen LogP contribution in [0.1, 0.15) is 16.1 Å². The van der Waals surface area contributed by atoms with Crippen LogP contribution < -0.4 is 14.8 Å². The highest BCUT2D eigenvalue weighted by Crippen LogP contribution is 2.33. The van der Waals surface area contributed by atoms with Crippen LogP contribution in [0.4, 0.5) is 5.69 Å². The quantitative estimate of drug-likeness (QED) is 0.790. The fourth-order valence-corrected chi connectivity index (χ4v) is 2.71. The van der Waals surface area contributed by atoms with Gasteiger partial charge in [-0.05, 0) is 25.1 Å². The van der Waals surface area contributed by atoms with Gasteiger partial charge in [0, 0.05) is 17.3 Å². The van der Waals surface area contributed by atoms with E-state index in [0.29, 0.717) is 36.2 Å². The van der Waals surface area contributed by atoms with E-state index in [2.05, 4.69) is 10.3 Å². The predicted octanol–water partition coefficient (Wildman–Crippen LogP) is 3.67. The molecule has 1 aromatic heterocycles. The van der Waals surface area contributed by atoms with Crippen LogP contribution in [0.3, 0.4) is 0 Å². The van der Waals surface area contributed by atoms with E-state index in [4.69, 9.17) is 13.9 Å². The van der Waals surface area contributed by atoms with Crippen LogP contribution in [-0.4, -0.2) is 24.1 Å². The maximum atomic E-state index is 12.6. The summed E-state index contributed by atoms with van der Waals surface area (Å²) in [7, 11) is 0. The van der Waals surface area contributed by atoms with Crippen molar-refractivity contribution in [2.24, 2.45) is 0 Å². The van der Waals surface area contributed by atoms with Crippen molar-refractivity contribution in [2.45, 2.75) is 6.92 Å². The first-order valence-corrected chi connectivity index (χ1v) is 7.92. The lowest BCUT2D eigenvalue weighted by Crippen LogP contribution is -2.17. The lowest BCUT2D eigenvalue weighted by Gasteiger charge is -2.18. The molecule has 0 atom stereocenters. The van der Waals surface area contributed by atoms with Gasteiger partial charge in [0.25, 0.3) is 5.91 Å². The Morgan fingerprint density at radius 2 is 1.92 bits per heavy atom. The second-order valence-corrected chi connectivity index (χ2v) is 5.71. The minimum Gasteiger partial charge on any atom is -0.486 e. The molecule has 6 nitrogen and oxygen atoms in total. The molecular weight excluding hydrogens is 320 g/mol. The van der Waals surface area contributed by atoms with E-state index in [1.165, 1.54) is 6.39 Å². The Hall–Kier alpha value is -3.28. The molecule has 4 rings (SSSR count). The first kappa shape index (κ1) is 15.3. The van der Waals surface area contributed by atoms with Gasteiger partial charge in [-0.1, -0.05) is 23.8 Å². The van der Waals surface area contributed by atoms with E-state index < -0.39 is 0 Å². The van der Waals surface area contributed by atoms with Gasteiger partial charge in [0.15, 0.2) is 29.3 Å². The molecule has 1 aliphatic rings. The molecule has 0 aliphatic carbocycles. The fourth-order valence-electron chi connectivity index (χ4n) is 2.71. The van der Waals surface area contributed by atoms with Gasteiger partial charge in [-0.15, -0.1) is 0 Å². The molecular formula is C19H16N2O4. The fraction of sp³-hybridized carbons (Fsp3) is 0.158. The highest BCUT2D eigenvalue weighted by atomic mass is 16.6. The number of aryl methyl sites for hydroxylation is 1. The maximum Gasteiger partial charge on any atom is 0.278 e. The normalized spacial score (nSPS) is 12.7. The molecule has 0 fully saturated rings. The van der Waals surface area contributed by atoms with E-state index in [9.17, 15) is 4.79 Å². The van der Waals surface area contributed by atoms with Gasteiger partial charge in [0.2, 0.25) is 0 Å². The van der Waals surface area contributed by atoms with Crippen LogP contribution in [0, 0.1) is 6.92 Å². The number of nitrogens with zero attached hydrogens (tertiary/aromatic N) is 1. The summed E-state index contributed by atoms with van der Waals surface area (Å²) in [5.74, 6) is 1.38. The van der Waals surface area contributed by atoms with Crippen molar-refractivity contribution in [1.82, 2.24) is 4.98 Å². The summed E-state index contributed by atoms with van der Waals surface area (Å²) in [6, 6.07) is 13.0. The highest BCUT2D eigenvalue weighted by Gasteiger charge is 2.19. The summed E-state index contributed by atoms with van der Waals surface area (Å²) >= 11 is 0. The minimum atomic E-state index is -0.345. The van der Waals surface area contributed by atoms with Gasteiger partial charge in [-0.25, -0.2) is 4.98 Å². The first-order valence-electron chi connectivity index (χ1n) is 7.92. The van der Waals surface area contributed by atoms with Crippen LogP contribution in [0.15, 0.2) is 53.3 Å². The standard InChI is InChI=1S/C19H16N2O4/c1-12-3-2-4-13(9-12)18-17(20-11-25-18)19(22)21-14-5-6-15-16(10-14)24-8-7-23-15/h2-6,9-11H,7-8H2,1H3,(H,21,22). The predicted molar refractivity (Wildman–Crippen MR) is 92.1 cm³/mol. The second-order valence-electron chi connectivity index (χ2n) is 5.71. The number of benzene rings is 2. The molecule has 0 saturated heterocycles. The van der Waals surface area contributed by atoms with E-state index in [0.717, 1.165) is 11.1 Å². The Bertz CT molecular complexity index is 933. The van der Waals surface area contributed by atoms with Crippen LogP contribution in [-0.2, 0) is 0 Å². The molecule has 1 amide bonds. The molecule has 1 aliphatic heterocycles. The third-order valence-corrected chi connectivity index (χ3v) is 3.86. The summed E-state index contributed by atoms with van der Waals surface area (Å²) in [5, 5.41) is 2.82. The molecule has 0 spiro atoms. The van der Waals surface area contributed by atoms with Crippen molar-refractivity contribution in [3.05, 3.63) is 60.1 Å². The number of nitrogens with one attached hydrogen (secondary N) is 1. The topological polar surface area (TPSA) is 73.6 Å². The zero-order valence-electron chi connectivity index (χ0n) is 13.6. The molecule has 2 aromatic carbocycles. The summed E-state index contributed by atoms with van der Waals surface area (Å²) in [5.41, 5.74) is 2.73. The Labute approximate surface area is 144 Å².